The van der Waals surface area contributed by atoms with Gasteiger partial charge in [-0.05, 0) is 49.4 Å². The minimum atomic E-state index is -0.227. The average Bonchev–Trinajstić information content (AvgIpc) is 2.73. The number of piperidine rings is 1. The molecular formula is C21H29N5O2. The number of nitrogens with one attached hydrogen (secondary N) is 2. The first-order valence-electron chi connectivity index (χ1n) is 9.87. The van der Waals surface area contributed by atoms with E-state index in [1.165, 1.54) is 24.7 Å². The molecule has 0 saturated carbocycles. The molecule has 0 radical (unpaired) electrons. The van der Waals surface area contributed by atoms with Crippen molar-refractivity contribution in [3.63, 3.8) is 0 Å². The average molecular weight is 383 g/mol. The molecular weight excluding hydrogens is 354 g/mol. The summed E-state index contributed by atoms with van der Waals surface area (Å²) in [5.74, 6) is 1.21. The molecule has 0 aliphatic carbocycles. The molecule has 1 aliphatic heterocycles. The largest absolute Gasteiger partial charge is 0.385 e. The molecule has 1 aromatic heterocycles. The highest BCUT2D eigenvalue weighted by Gasteiger charge is 2.15. The predicted molar refractivity (Wildman–Crippen MR) is 111 cm³/mol. The maximum absolute atomic E-state index is 12.0. The number of benzene rings is 1. The van der Waals surface area contributed by atoms with Gasteiger partial charge in [-0.25, -0.2) is 9.97 Å². The maximum Gasteiger partial charge on any atom is 0.271 e. The van der Waals surface area contributed by atoms with Gasteiger partial charge >= 0.3 is 0 Å². The van der Waals surface area contributed by atoms with Crippen LogP contribution in [0.4, 0.5) is 17.2 Å². The van der Waals surface area contributed by atoms with Crippen molar-refractivity contribution in [3.8, 4) is 0 Å². The van der Waals surface area contributed by atoms with Crippen molar-refractivity contribution >= 4 is 23.1 Å². The minimum absolute atomic E-state index is 0.227. The zero-order valence-corrected chi connectivity index (χ0v) is 16.6. The molecule has 2 aromatic rings. The van der Waals surface area contributed by atoms with E-state index in [-0.39, 0.29) is 5.91 Å². The summed E-state index contributed by atoms with van der Waals surface area (Å²) < 4.78 is 4.96. The molecule has 0 bridgehead atoms. The van der Waals surface area contributed by atoms with Gasteiger partial charge in [-0.2, -0.15) is 0 Å². The van der Waals surface area contributed by atoms with E-state index in [0.29, 0.717) is 24.7 Å². The molecule has 1 fully saturated rings. The van der Waals surface area contributed by atoms with E-state index in [9.17, 15) is 4.79 Å². The Balaban J connectivity index is 1.51. The van der Waals surface area contributed by atoms with E-state index in [4.69, 9.17) is 4.74 Å². The van der Waals surface area contributed by atoms with Gasteiger partial charge in [0.15, 0.2) is 0 Å². The van der Waals surface area contributed by atoms with Crippen LogP contribution in [0.2, 0.25) is 0 Å². The smallest absolute Gasteiger partial charge is 0.271 e. The van der Waals surface area contributed by atoms with Gasteiger partial charge in [0.05, 0.1) is 12.4 Å². The first kappa shape index (κ1) is 20.1. The first-order valence-corrected chi connectivity index (χ1v) is 9.87. The fourth-order valence-electron chi connectivity index (χ4n) is 3.19. The Morgan fingerprint density at radius 1 is 1.18 bits per heavy atom. The van der Waals surface area contributed by atoms with Gasteiger partial charge in [0.25, 0.3) is 5.91 Å². The third kappa shape index (κ3) is 5.66. The number of ether oxygens (including phenoxy) is 1. The summed E-state index contributed by atoms with van der Waals surface area (Å²) in [6, 6.07) is 8.36. The Labute approximate surface area is 166 Å². The topological polar surface area (TPSA) is 79.4 Å². The summed E-state index contributed by atoms with van der Waals surface area (Å²) in [6.45, 7) is 5.73. The van der Waals surface area contributed by atoms with Crippen molar-refractivity contribution in [2.75, 3.05) is 43.6 Å². The normalized spacial score (nSPS) is 14.7. The number of anilines is 3. The second kappa shape index (κ2) is 10.0. The number of nitrogens with zero attached hydrogens (tertiary/aromatic N) is 3. The van der Waals surface area contributed by atoms with Gasteiger partial charge in [0.2, 0.25) is 0 Å². The number of hydrogen-bond acceptors (Lipinski definition) is 6. The lowest BCUT2D eigenvalue weighted by atomic mass is 9.99. The summed E-state index contributed by atoms with van der Waals surface area (Å²) in [5.41, 5.74) is 2.50. The van der Waals surface area contributed by atoms with E-state index in [1.54, 1.807) is 13.3 Å². The zero-order valence-electron chi connectivity index (χ0n) is 16.6. The SMILES string of the molecule is COCCCNC(=O)c1cnc(Nc2ccc(N3CCC(C)CC3)cc2)cn1. The van der Waals surface area contributed by atoms with Gasteiger partial charge in [0.1, 0.15) is 11.5 Å². The summed E-state index contributed by atoms with van der Waals surface area (Å²) in [5, 5.41) is 6.02. The zero-order chi connectivity index (χ0) is 19.8. The molecule has 3 rings (SSSR count). The second-order valence-electron chi connectivity index (χ2n) is 7.23. The van der Waals surface area contributed by atoms with E-state index in [1.807, 2.05) is 12.1 Å². The molecule has 28 heavy (non-hydrogen) atoms. The molecule has 1 saturated heterocycles. The molecule has 7 nitrogen and oxygen atoms in total. The van der Waals surface area contributed by atoms with Crippen LogP contribution in [0.5, 0.6) is 0 Å². The van der Waals surface area contributed by atoms with Crippen molar-refractivity contribution in [2.45, 2.75) is 26.2 Å². The quantitative estimate of drug-likeness (QED) is 0.682. The molecule has 150 valence electrons. The molecule has 0 atom stereocenters. The van der Waals surface area contributed by atoms with Crippen molar-refractivity contribution in [2.24, 2.45) is 5.92 Å². The third-order valence-electron chi connectivity index (χ3n) is 4.98. The van der Waals surface area contributed by atoms with E-state index in [2.05, 4.69) is 44.6 Å². The lowest BCUT2D eigenvalue weighted by Crippen LogP contribution is -2.32. The van der Waals surface area contributed by atoms with E-state index in [0.717, 1.165) is 31.1 Å². The molecule has 0 spiro atoms. The van der Waals surface area contributed by atoms with Crippen LogP contribution < -0.4 is 15.5 Å². The molecule has 7 heteroatoms. The fourth-order valence-corrected chi connectivity index (χ4v) is 3.19. The van der Waals surface area contributed by atoms with E-state index >= 15 is 0 Å². The molecule has 2 heterocycles. The van der Waals surface area contributed by atoms with Crippen molar-refractivity contribution in [3.05, 3.63) is 42.4 Å². The Bertz CT molecular complexity index is 740. The Morgan fingerprint density at radius 3 is 2.57 bits per heavy atom. The standard InChI is InChI=1S/C21H29N5O2/c1-16-8-11-26(12-9-16)18-6-4-17(5-7-18)25-20-15-23-19(14-24-20)21(27)22-10-3-13-28-2/h4-7,14-16H,3,8-13H2,1-2H3,(H,22,27)(H,24,25). The van der Waals surface area contributed by atoms with Gasteiger partial charge in [-0.1, -0.05) is 6.92 Å². The fraction of sp³-hybridized carbons (Fsp3) is 0.476. The van der Waals surface area contributed by atoms with Crippen LogP contribution in [0, 0.1) is 5.92 Å². The Kier molecular flexibility index (Phi) is 7.19. The maximum atomic E-state index is 12.0. The summed E-state index contributed by atoms with van der Waals surface area (Å²) in [4.78, 5) is 22.9. The van der Waals surface area contributed by atoms with Crippen molar-refractivity contribution in [1.29, 1.82) is 0 Å². The number of carbonyl (C=O) groups is 1. The van der Waals surface area contributed by atoms with Gasteiger partial charge in [0, 0.05) is 44.7 Å². The highest BCUT2D eigenvalue weighted by atomic mass is 16.5. The summed E-state index contributed by atoms with van der Waals surface area (Å²) in [7, 11) is 1.64. The second-order valence-corrected chi connectivity index (χ2v) is 7.23. The lowest BCUT2D eigenvalue weighted by Gasteiger charge is -2.32. The van der Waals surface area contributed by atoms with Crippen LogP contribution in [0.15, 0.2) is 36.7 Å². The number of rotatable bonds is 8. The molecule has 2 N–H and O–H groups in total. The van der Waals surface area contributed by atoms with Crippen molar-refractivity contribution < 1.29 is 9.53 Å². The number of methoxy groups -OCH3 is 1. The molecule has 1 aliphatic rings. The van der Waals surface area contributed by atoms with Crippen LogP contribution in [0.25, 0.3) is 0 Å². The number of hydrogen-bond donors (Lipinski definition) is 2. The van der Waals surface area contributed by atoms with Crippen molar-refractivity contribution in [1.82, 2.24) is 15.3 Å². The Morgan fingerprint density at radius 2 is 1.93 bits per heavy atom. The third-order valence-corrected chi connectivity index (χ3v) is 4.98. The number of carbonyl (C=O) groups excluding carboxylic acids is 1. The molecule has 1 aromatic carbocycles. The highest BCUT2D eigenvalue weighted by molar-refractivity contribution is 5.92. The molecule has 1 amide bonds. The van der Waals surface area contributed by atoms with Crippen LogP contribution in [0.3, 0.4) is 0 Å². The Hall–Kier alpha value is -2.67. The monoisotopic (exact) mass is 383 g/mol. The van der Waals surface area contributed by atoms with E-state index < -0.39 is 0 Å². The molecule has 0 unspecified atom stereocenters. The summed E-state index contributed by atoms with van der Waals surface area (Å²) >= 11 is 0. The van der Waals surface area contributed by atoms with Crippen LogP contribution in [0.1, 0.15) is 36.7 Å². The number of amides is 1. The van der Waals surface area contributed by atoms with Gasteiger partial charge in [-0.15, -0.1) is 0 Å². The van der Waals surface area contributed by atoms with Crippen LogP contribution in [-0.2, 0) is 4.74 Å². The predicted octanol–water partition coefficient (Wildman–Crippen LogP) is 3.22. The van der Waals surface area contributed by atoms with Crippen LogP contribution in [-0.4, -0.2) is 49.2 Å². The number of aromatic nitrogens is 2. The highest BCUT2D eigenvalue weighted by Crippen LogP contribution is 2.25. The van der Waals surface area contributed by atoms with Gasteiger partial charge in [-0.3, -0.25) is 4.79 Å². The summed E-state index contributed by atoms with van der Waals surface area (Å²) in [6.07, 6.45) is 6.33. The van der Waals surface area contributed by atoms with Gasteiger partial charge < -0.3 is 20.3 Å². The first-order chi connectivity index (χ1) is 13.7. The lowest BCUT2D eigenvalue weighted by molar-refractivity contribution is 0.0943. The van der Waals surface area contributed by atoms with Crippen LogP contribution >= 0.6 is 0 Å². The minimum Gasteiger partial charge on any atom is -0.385 e.